The van der Waals surface area contributed by atoms with E-state index in [1.807, 2.05) is 6.07 Å². The van der Waals surface area contributed by atoms with Crippen molar-refractivity contribution in [1.82, 2.24) is 0 Å². The second kappa shape index (κ2) is 5.22. The third-order valence-corrected chi connectivity index (χ3v) is 2.31. The molecule has 3 nitrogen and oxygen atoms in total. The van der Waals surface area contributed by atoms with E-state index >= 15 is 0 Å². The van der Waals surface area contributed by atoms with Gasteiger partial charge in [0.1, 0.15) is 5.78 Å². The third kappa shape index (κ3) is 3.03. The molecule has 82 valence electrons. The molecule has 0 saturated heterocycles. The Bertz CT molecular complexity index is 438. The molecule has 0 spiro atoms. The Hall–Kier alpha value is -1.95. The van der Waals surface area contributed by atoms with Crippen LogP contribution >= 0.6 is 0 Å². The molecule has 0 aromatic heterocycles. The molecular weight excluding hydrogens is 202 g/mol. The fraction of sp³-hybridized carbons (Fsp3) is 0.308. The number of Topliss-reactive ketones (excluding diaryl/α,β-unsaturated/α-hetero) is 2. The Labute approximate surface area is 94.7 Å². The maximum Gasteiger partial charge on any atom is 0.170 e. The summed E-state index contributed by atoms with van der Waals surface area (Å²) >= 11 is 0. The SMILES string of the molecule is CC(C)C(=O)CC(=O)c1ccc(C#N)cc1. The molecule has 0 heterocycles. The average Bonchev–Trinajstić information content (AvgIpc) is 2.28. The van der Waals surface area contributed by atoms with Gasteiger partial charge in [-0.15, -0.1) is 0 Å². The van der Waals surface area contributed by atoms with Crippen molar-refractivity contribution < 1.29 is 9.59 Å². The zero-order chi connectivity index (χ0) is 12.1. The highest BCUT2D eigenvalue weighted by atomic mass is 16.1. The van der Waals surface area contributed by atoms with Gasteiger partial charge in [-0.3, -0.25) is 9.59 Å². The van der Waals surface area contributed by atoms with E-state index < -0.39 is 0 Å². The van der Waals surface area contributed by atoms with E-state index in [1.54, 1.807) is 38.1 Å². The standard InChI is InChI=1S/C13H13NO2/c1-9(2)12(15)7-13(16)11-5-3-10(8-14)4-6-11/h3-6,9H,7H2,1-2H3. The van der Waals surface area contributed by atoms with Crippen molar-refractivity contribution >= 4 is 11.6 Å². The number of nitriles is 1. The van der Waals surface area contributed by atoms with Crippen molar-refractivity contribution in [3.8, 4) is 6.07 Å². The molecule has 0 radical (unpaired) electrons. The molecule has 1 aromatic rings. The summed E-state index contributed by atoms with van der Waals surface area (Å²) in [5, 5.41) is 8.60. The second-order valence-electron chi connectivity index (χ2n) is 3.91. The minimum absolute atomic E-state index is 0.0608. The molecule has 0 N–H and O–H groups in total. The maximum atomic E-state index is 11.7. The summed E-state index contributed by atoms with van der Waals surface area (Å²) in [5.41, 5.74) is 0.986. The fourth-order valence-corrected chi connectivity index (χ4v) is 1.20. The summed E-state index contributed by atoms with van der Waals surface area (Å²) in [4.78, 5) is 23.0. The van der Waals surface area contributed by atoms with Crippen molar-refractivity contribution in [2.24, 2.45) is 5.92 Å². The van der Waals surface area contributed by atoms with Crippen molar-refractivity contribution in [2.45, 2.75) is 20.3 Å². The number of benzene rings is 1. The lowest BCUT2D eigenvalue weighted by atomic mass is 9.99. The first-order valence-corrected chi connectivity index (χ1v) is 5.10. The van der Waals surface area contributed by atoms with Crippen LogP contribution in [0.4, 0.5) is 0 Å². The van der Waals surface area contributed by atoms with E-state index in [0.29, 0.717) is 11.1 Å². The van der Waals surface area contributed by atoms with Crippen molar-refractivity contribution in [3.63, 3.8) is 0 Å². The molecule has 16 heavy (non-hydrogen) atoms. The van der Waals surface area contributed by atoms with Crippen LogP contribution in [0.1, 0.15) is 36.2 Å². The van der Waals surface area contributed by atoms with Crippen LogP contribution in [0.2, 0.25) is 0 Å². The lowest BCUT2D eigenvalue weighted by Gasteiger charge is -2.03. The van der Waals surface area contributed by atoms with Gasteiger partial charge < -0.3 is 0 Å². The van der Waals surface area contributed by atoms with E-state index in [9.17, 15) is 9.59 Å². The molecule has 0 fully saturated rings. The Morgan fingerprint density at radius 3 is 2.25 bits per heavy atom. The Morgan fingerprint density at radius 2 is 1.81 bits per heavy atom. The molecule has 3 heteroatoms. The third-order valence-electron chi connectivity index (χ3n) is 2.31. The highest BCUT2D eigenvalue weighted by Crippen LogP contribution is 2.08. The highest BCUT2D eigenvalue weighted by Gasteiger charge is 2.14. The van der Waals surface area contributed by atoms with Gasteiger partial charge in [0.2, 0.25) is 0 Å². The topological polar surface area (TPSA) is 57.9 Å². The largest absolute Gasteiger partial charge is 0.299 e. The van der Waals surface area contributed by atoms with E-state index in [0.717, 1.165) is 0 Å². The lowest BCUT2D eigenvalue weighted by Crippen LogP contribution is -2.13. The summed E-state index contributed by atoms with van der Waals surface area (Å²) in [6, 6.07) is 8.28. The van der Waals surface area contributed by atoms with Gasteiger partial charge in [0.25, 0.3) is 0 Å². The van der Waals surface area contributed by atoms with Gasteiger partial charge in [-0.2, -0.15) is 5.26 Å². The van der Waals surface area contributed by atoms with Crippen molar-refractivity contribution in [1.29, 1.82) is 5.26 Å². The van der Waals surface area contributed by atoms with Crippen LogP contribution in [0.5, 0.6) is 0 Å². The maximum absolute atomic E-state index is 11.7. The van der Waals surface area contributed by atoms with Crippen LogP contribution in [-0.4, -0.2) is 11.6 Å². The smallest absolute Gasteiger partial charge is 0.170 e. The van der Waals surface area contributed by atoms with Gasteiger partial charge in [-0.1, -0.05) is 26.0 Å². The molecule has 0 aliphatic rings. The molecule has 0 unspecified atom stereocenters. The number of carbonyl (C=O) groups excluding carboxylic acids is 2. The van der Waals surface area contributed by atoms with Crippen LogP contribution in [0, 0.1) is 17.2 Å². The van der Waals surface area contributed by atoms with E-state index in [-0.39, 0.29) is 23.9 Å². The number of rotatable bonds is 4. The van der Waals surface area contributed by atoms with Crippen LogP contribution in [0.3, 0.4) is 0 Å². The molecular formula is C13H13NO2. The molecule has 0 saturated carbocycles. The first-order chi connectivity index (χ1) is 7.54. The van der Waals surface area contributed by atoms with Crippen LogP contribution in [0.15, 0.2) is 24.3 Å². The predicted molar refractivity (Wildman–Crippen MR) is 59.9 cm³/mol. The first kappa shape index (κ1) is 12.1. The Kier molecular flexibility index (Phi) is 3.96. The summed E-state index contributed by atoms with van der Waals surface area (Å²) in [7, 11) is 0. The van der Waals surface area contributed by atoms with Gasteiger partial charge in [0.15, 0.2) is 5.78 Å². The van der Waals surface area contributed by atoms with Gasteiger partial charge in [0, 0.05) is 11.5 Å². The summed E-state index contributed by atoms with van der Waals surface area (Å²) in [6.07, 6.45) is -0.0659. The van der Waals surface area contributed by atoms with E-state index in [4.69, 9.17) is 5.26 Å². The van der Waals surface area contributed by atoms with Crippen LogP contribution in [0.25, 0.3) is 0 Å². The molecule has 0 aliphatic carbocycles. The predicted octanol–water partition coefficient (Wildman–Crippen LogP) is 2.36. The Morgan fingerprint density at radius 1 is 1.25 bits per heavy atom. The van der Waals surface area contributed by atoms with Gasteiger partial charge in [0.05, 0.1) is 18.1 Å². The summed E-state index contributed by atoms with van der Waals surface area (Å²) in [6.45, 7) is 3.54. The number of hydrogen-bond acceptors (Lipinski definition) is 3. The minimum atomic E-state index is -0.191. The molecule has 0 amide bonds. The summed E-state index contributed by atoms with van der Waals surface area (Å²) in [5.74, 6) is -0.375. The summed E-state index contributed by atoms with van der Waals surface area (Å²) < 4.78 is 0. The van der Waals surface area contributed by atoms with Gasteiger partial charge >= 0.3 is 0 Å². The number of hydrogen-bond donors (Lipinski definition) is 0. The number of nitrogens with zero attached hydrogens (tertiary/aromatic N) is 1. The fourth-order valence-electron chi connectivity index (χ4n) is 1.20. The van der Waals surface area contributed by atoms with Gasteiger partial charge in [-0.25, -0.2) is 0 Å². The zero-order valence-electron chi connectivity index (χ0n) is 9.36. The molecule has 1 aromatic carbocycles. The zero-order valence-corrected chi connectivity index (χ0v) is 9.36. The minimum Gasteiger partial charge on any atom is -0.299 e. The molecule has 0 atom stereocenters. The van der Waals surface area contributed by atoms with Gasteiger partial charge in [-0.05, 0) is 12.1 Å². The molecule has 1 rings (SSSR count). The highest BCUT2D eigenvalue weighted by molar-refractivity contribution is 6.08. The lowest BCUT2D eigenvalue weighted by molar-refractivity contribution is -0.121. The Balaban J connectivity index is 2.74. The monoisotopic (exact) mass is 215 g/mol. The van der Waals surface area contributed by atoms with Crippen LogP contribution < -0.4 is 0 Å². The van der Waals surface area contributed by atoms with Crippen molar-refractivity contribution in [3.05, 3.63) is 35.4 Å². The quantitative estimate of drug-likeness (QED) is 0.572. The average molecular weight is 215 g/mol. The molecule has 0 aliphatic heterocycles. The van der Waals surface area contributed by atoms with Crippen molar-refractivity contribution in [2.75, 3.05) is 0 Å². The number of carbonyl (C=O) groups is 2. The van der Waals surface area contributed by atoms with E-state index in [2.05, 4.69) is 0 Å². The molecule has 0 bridgehead atoms. The second-order valence-corrected chi connectivity index (χ2v) is 3.91. The van der Waals surface area contributed by atoms with E-state index in [1.165, 1.54) is 0 Å². The van der Waals surface area contributed by atoms with Crippen LogP contribution in [-0.2, 0) is 4.79 Å². The number of ketones is 2. The first-order valence-electron chi connectivity index (χ1n) is 5.10. The normalized spacial score (nSPS) is 9.88.